The molecule has 2 aromatic carbocycles. The summed E-state index contributed by atoms with van der Waals surface area (Å²) >= 11 is 0. The van der Waals surface area contributed by atoms with Crippen molar-refractivity contribution < 1.29 is 14.4 Å². The van der Waals surface area contributed by atoms with E-state index in [1.165, 1.54) is 60.8 Å². The van der Waals surface area contributed by atoms with Crippen LogP contribution in [-0.2, 0) is 27.3 Å². The molecule has 14 heteroatoms. The molecule has 5 rings (SSSR count). The summed E-state index contributed by atoms with van der Waals surface area (Å²) in [6.07, 6.45) is 19.7. The number of carbonyl (C=O) groups excluding carboxylic acids is 3. The van der Waals surface area contributed by atoms with E-state index >= 15 is 0 Å². The number of carbonyl (C=O) groups is 3. The minimum atomic E-state index is -0.770. The normalized spacial score (nSPS) is 17.8. The highest BCUT2D eigenvalue weighted by atomic mass is 16.2. The average molecular weight is 908 g/mol. The monoisotopic (exact) mass is 908 g/mol. The molecule has 2 fully saturated rings. The molecule has 0 bridgehead atoms. The Bertz CT molecular complexity index is 1940. The molecular formula is C52H81N11O3. The molecule has 3 aliphatic rings. The number of hydrogen-bond acceptors (Lipinski definition) is 11. The maximum atomic E-state index is 12.6. The lowest BCUT2D eigenvalue weighted by Gasteiger charge is -2.34. The number of imide groups is 1. The zero-order chi connectivity index (χ0) is 47.8. The van der Waals surface area contributed by atoms with E-state index < -0.39 is 11.9 Å². The highest BCUT2D eigenvalue weighted by Gasteiger charge is 2.33. The van der Waals surface area contributed by atoms with Crippen molar-refractivity contribution in [3.63, 3.8) is 0 Å². The van der Waals surface area contributed by atoms with Crippen molar-refractivity contribution in [2.45, 2.75) is 116 Å². The van der Waals surface area contributed by atoms with E-state index in [1.54, 1.807) is 0 Å². The van der Waals surface area contributed by atoms with Crippen LogP contribution in [0.1, 0.15) is 108 Å². The van der Waals surface area contributed by atoms with Gasteiger partial charge in [-0.3, -0.25) is 39.5 Å². The first-order valence-electron chi connectivity index (χ1n) is 24.4. The Kier molecular flexibility index (Phi) is 23.2. The van der Waals surface area contributed by atoms with Gasteiger partial charge in [-0.2, -0.15) is 0 Å². The van der Waals surface area contributed by atoms with Gasteiger partial charge >= 0.3 is 0 Å². The van der Waals surface area contributed by atoms with Gasteiger partial charge in [0.25, 0.3) is 0 Å². The molecule has 2 aliphatic heterocycles. The van der Waals surface area contributed by atoms with Crippen molar-refractivity contribution in [3.05, 3.63) is 89.0 Å². The number of aryl methyl sites for hydroxylation is 1. The summed E-state index contributed by atoms with van der Waals surface area (Å²) in [4.78, 5) is 56.2. The van der Waals surface area contributed by atoms with Crippen LogP contribution in [0.2, 0.25) is 0 Å². The van der Waals surface area contributed by atoms with E-state index in [1.807, 2.05) is 50.5 Å². The number of anilines is 2. The van der Waals surface area contributed by atoms with E-state index in [4.69, 9.17) is 10.7 Å². The van der Waals surface area contributed by atoms with Crippen LogP contribution in [-0.4, -0.2) is 125 Å². The average Bonchev–Trinajstić information content (AvgIpc) is 3.70. The van der Waals surface area contributed by atoms with Crippen LogP contribution >= 0.6 is 0 Å². The molecule has 1 saturated carbocycles. The predicted molar refractivity (Wildman–Crippen MR) is 274 cm³/mol. The lowest BCUT2D eigenvalue weighted by molar-refractivity contribution is -0.127. The fourth-order valence-corrected chi connectivity index (χ4v) is 9.18. The molecule has 66 heavy (non-hydrogen) atoms. The van der Waals surface area contributed by atoms with Crippen LogP contribution in [0.15, 0.2) is 82.3 Å². The van der Waals surface area contributed by atoms with Crippen LogP contribution in [0, 0.1) is 5.92 Å². The molecule has 0 aromatic heterocycles. The summed E-state index contributed by atoms with van der Waals surface area (Å²) in [7, 11) is 5.34. The number of piperazine rings is 1. The van der Waals surface area contributed by atoms with Crippen molar-refractivity contribution in [3.8, 4) is 0 Å². The lowest BCUT2D eigenvalue weighted by atomic mass is 9.94. The summed E-state index contributed by atoms with van der Waals surface area (Å²) < 4.78 is 0. The zero-order valence-corrected chi connectivity index (χ0v) is 41.0. The largest absolute Gasteiger partial charge is 0.400 e. The molecule has 1 unspecified atom stereocenters. The van der Waals surface area contributed by atoms with E-state index in [2.05, 4.69) is 93.2 Å². The molecule has 0 spiro atoms. The number of nitrogens with zero attached hydrogens (tertiary/aromatic N) is 7. The summed E-state index contributed by atoms with van der Waals surface area (Å²) in [5.74, 6) is 1.17. The third-order valence-electron chi connectivity index (χ3n) is 13.1. The van der Waals surface area contributed by atoms with Gasteiger partial charge in [0.15, 0.2) is 0 Å². The van der Waals surface area contributed by atoms with Gasteiger partial charge in [0, 0.05) is 108 Å². The van der Waals surface area contributed by atoms with Crippen LogP contribution in [0.5, 0.6) is 0 Å². The predicted octanol–water partition coefficient (Wildman–Crippen LogP) is 6.67. The van der Waals surface area contributed by atoms with Crippen LogP contribution in [0.3, 0.4) is 0 Å². The molecule has 2 heterocycles. The molecule has 3 amide bonds. The Morgan fingerprint density at radius 1 is 0.924 bits per heavy atom. The van der Waals surface area contributed by atoms with Gasteiger partial charge in [-0.1, -0.05) is 89.6 Å². The maximum Gasteiger partial charge on any atom is 0.249 e. The Morgan fingerprint density at radius 3 is 2.23 bits per heavy atom. The van der Waals surface area contributed by atoms with Gasteiger partial charge in [-0.15, -0.1) is 0 Å². The fourth-order valence-electron chi connectivity index (χ4n) is 9.18. The molecule has 362 valence electrons. The van der Waals surface area contributed by atoms with Crippen molar-refractivity contribution in [2.75, 3.05) is 76.8 Å². The lowest BCUT2D eigenvalue weighted by Crippen LogP contribution is -2.47. The number of hydrogen-bond donors (Lipinski definition) is 4. The Hall–Kier alpha value is -5.31. The van der Waals surface area contributed by atoms with Gasteiger partial charge in [-0.25, -0.2) is 0 Å². The standard InChI is InChI=1S/C51H76N10O3.CH5N/c1-7-15-48(51(64)56-37-62)61(38-63)47-24-21-40(30-49(47)57(5)6)16-13-14-25-54-32-43(52)35-59-28-26-58(27-29-59)34-41-19-22-42(23-20-41)46-36-60(44-17-11-10-12-18-44)50(45(46)33-53-4)55-31-39(8-2)9-3;1-2/h19-24,30,32-33,36-39,44,48,54H,4,7-18,25-29,31,34-35,52H2,1-3,5-6H3,(H,56,62,64);2H2,1H3/b43-32-,45-33-,55-50?;. The highest BCUT2D eigenvalue weighted by Crippen LogP contribution is 2.37. The minimum absolute atomic E-state index is 0.363. The third kappa shape index (κ3) is 15.4. The number of amidine groups is 1. The summed E-state index contributed by atoms with van der Waals surface area (Å²) in [6.45, 7) is 17.6. The Balaban J connectivity index is 0.00000469. The summed E-state index contributed by atoms with van der Waals surface area (Å²) in [5.41, 5.74) is 19.2. The second-order valence-corrected chi connectivity index (χ2v) is 17.9. The molecule has 1 saturated heterocycles. The Labute approximate surface area is 396 Å². The topological polar surface area (TPSA) is 168 Å². The number of rotatable bonds is 25. The maximum absolute atomic E-state index is 12.6. The minimum Gasteiger partial charge on any atom is -0.400 e. The number of amides is 3. The first kappa shape index (κ1) is 53.3. The first-order chi connectivity index (χ1) is 32.1. The van der Waals surface area contributed by atoms with Crippen molar-refractivity contribution in [1.29, 1.82) is 0 Å². The number of nitrogens with one attached hydrogen (secondary N) is 2. The highest BCUT2D eigenvalue weighted by molar-refractivity contribution is 6.16. The third-order valence-corrected chi connectivity index (χ3v) is 13.1. The van der Waals surface area contributed by atoms with Gasteiger partial charge in [0.05, 0.1) is 11.4 Å². The summed E-state index contributed by atoms with van der Waals surface area (Å²) in [5, 5.41) is 5.63. The van der Waals surface area contributed by atoms with E-state index in [0.29, 0.717) is 43.3 Å². The van der Waals surface area contributed by atoms with Crippen molar-refractivity contribution in [2.24, 2.45) is 27.4 Å². The molecule has 6 N–H and O–H groups in total. The smallest absolute Gasteiger partial charge is 0.249 e. The second kappa shape index (κ2) is 28.7. The molecule has 14 nitrogen and oxygen atoms in total. The van der Waals surface area contributed by atoms with E-state index in [-0.39, 0.29) is 0 Å². The molecule has 1 atom stereocenters. The van der Waals surface area contributed by atoms with Crippen LogP contribution in [0.4, 0.5) is 11.4 Å². The Morgan fingerprint density at radius 2 is 1.61 bits per heavy atom. The number of aliphatic imine (C=N–C) groups is 2. The number of unbranched alkanes of at least 4 members (excludes halogenated alkanes) is 1. The van der Waals surface area contributed by atoms with Crippen LogP contribution < -0.4 is 31.9 Å². The van der Waals surface area contributed by atoms with Gasteiger partial charge in [0.1, 0.15) is 11.9 Å². The van der Waals surface area contributed by atoms with E-state index in [0.717, 1.165) is 113 Å². The molecule has 1 aliphatic carbocycles. The molecular weight excluding hydrogens is 827 g/mol. The SMILES string of the molecule is C=N/C=C1/C(c2ccc(CN3CCN(C/C(N)=C/NCCCCc4ccc(N(C=O)C(CCC)C(=O)NC=O)c(N(C)C)c4)CC3)cc2)=CN(C2CCCCC2)C1=NCC(CC)CC.CN. The van der Waals surface area contributed by atoms with Gasteiger partial charge < -0.3 is 31.5 Å². The first-order valence-corrected chi connectivity index (χ1v) is 24.4. The van der Waals surface area contributed by atoms with Crippen molar-refractivity contribution >= 4 is 48.2 Å². The van der Waals surface area contributed by atoms with Crippen LogP contribution in [0.25, 0.3) is 5.57 Å². The quantitative estimate of drug-likeness (QED) is 0.0480. The number of benzene rings is 2. The second-order valence-electron chi connectivity index (χ2n) is 17.9. The zero-order valence-electron chi connectivity index (χ0n) is 41.0. The van der Waals surface area contributed by atoms with E-state index in [9.17, 15) is 14.4 Å². The molecule has 0 radical (unpaired) electrons. The number of nitrogens with two attached hydrogens (primary N) is 2. The van der Waals surface area contributed by atoms with Gasteiger partial charge in [0.2, 0.25) is 18.7 Å². The molecule has 2 aromatic rings. The fraction of sp³-hybridized carbons (Fsp3) is 0.558. The summed E-state index contributed by atoms with van der Waals surface area (Å²) in [6, 6.07) is 14.8. The van der Waals surface area contributed by atoms with Crippen molar-refractivity contribution in [1.82, 2.24) is 25.3 Å². The van der Waals surface area contributed by atoms with Gasteiger partial charge in [-0.05, 0) is 87.0 Å².